The van der Waals surface area contributed by atoms with E-state index in [4.69, 9.17) is 18.9 Å². The van der Waals surface area contributed by atoms with Gasteiger partial charge in [-0.15, -0.1) is 0 Å². The molecule has 1 radical (unpaired) electrons. The van der Waals surface area contributed by atoms with Gasteiger partial charge in [0.15, 0.2) is 11.5 Å². The molecule has 0 unspecified atom stereocenters. The van der Waals surface area contributed by atoms with E-state index in [1.54, 1.807) is 19.2 Å². The minimum atomic E-state index is -1.30. The molecule has 0 fully saturated rings. The second-order valence-electron chi connectivity index (χ2n) is 23.1. The molecule has 0 atom stereocenters. The van der Waals surface area contributed by atoms with Crippen molar-refractivity contribution < 1.29 is 38.4 Å². The summed E-state index contributed by atoms with van der Waals surface area (Å²) in [7, 11) is 1.67. The SMILES string of the molecule is CCCCCCCCCCCCCCCCCCOc1cc(C(=O)N(C)CCOC(=O)CCC([O])=O)cc(OCCCCCCCCCCCCCCCCCC)c1OCCCCCCCCCCCCCCCCCC. The van der Waals surface area contributed by atoms with Crippen LogP contribution in [0.25, 0.3) is 0 Å². The Kier molecular flexibility index (Phi) is 52.7. The van der Waals surface area contributed by atoms with Gasteiger partial charge in [0.2, 0.25) is 5.75 Å². The zero-order valence-corrected chi connectivity index (χ0v) is 51.3. The zero-order valence-electron chi connectivity index (χ0n) is 51.3. The van der Waals surface area contributed by atoms with Crippen LogP contribution in [0.2, 0.25) is 0 Å². The molecule has 0 aliphatic rings. The Bertz CT molecular complexity index is 1410. The van der Waals surface area contributed by atoms with Gasteiger partial charge >= 0.3 is 11.9 Å². The first-order valence-electron chi connectivity index (χ1n) is 33.5. The third-order valence-electron chi connectivity index (χ3n) is 15.6. The first-order chi connectivity index (χ1) is 37.8. The predicted molar refractivity (Wildman–Crippen MR) is 324 cm³/mol. The van der Waals surface area contributed by atoms with Crippen molar-refractivity contribution in [2.75, 3.05) is 40.0 Å². The van der Waals surface area contributed by atoms with Crippen molar-refractivity contribution >= 4 is 17.8 Å². The van der Waals surface area contributed by atoms with Gasteiger partial charge in [0, 0.05) is 12.6 Å². The fourth-order valence-electron chi connectivity index (χ4n) is 10.4. The monoisotopic (exact) mass is 1080 g/mol. The summed E-state index contributed by atoms with van der Waals surface area (Å²) in [4.78, 5) is 38.4. The van der Waals surface area contributed by atoms with Crippen molar-refractivity contribution in [1.29, 1.82) is 0 Å². The van der Waals surface area contributed by atoms with Gasteiger partial charge < -0.3 is 23.8 Å². The van der Waals surface area contributed by atoms with Crippen molar-refractivity contribution in [3.05, 3.63) is 17.7 Å². The molecule has 0 aromatic heterocycles. The third-order valence-corrected chi connectivity index (χ3v) is 15.6. The lowest BCUT2D eigenvalue weighted by molar-refractivity contribution is -0.150. The quantitative estimate of drug-likeness (QED) is 0.0472. The van der Waals surface area contributed by atoms with Crippen LogP contribution in [-0.4, -0.2) is 62.8 Å². The van der Waals surface area contributed by atoms with E-state index in [1.807, 2.05) is 0 Å². The van der Waals surface area contributed by atoms with Crippen LogP contribution >= 0.6 is 0 Å². The molecular formula is C68H124NO8. The summed E-state index contributed by atoms with van der Waals surface area (Å²) < 4.78 is 24.9. The van der Waals surface area contributed by atoms with E-state index in [-0.39, 0.29) is 25.5 Å². The predicted octanol–water partition coefficient (Wildman–Crippen LogP) is 21.0. The Balaban J connectivity index is 2.85. The number of nitrogens with zero attached hydrogens (tertiary/aromatic N) is 1. The number of hydrogen-bond donors (Lipinski definition) is 0. The van der Waals surface area contributed by atoms with E-state index in [2.05, 4.69) is 20.8 Å². The molecule has 449 valence electrons. The van der Waals surface area contributed by atoms with Crippen molar-refractivity contribution in [2.45, 2.75) is 342 Å². The standard InChI is InChI=1S/C68H124NO8/c1-5-8-11-14-17-20-23-26-29-32-35-38-41-44-47-50-56-74-63-60-62(68(73)69(4)55-59-76-66(72)54-53-65(70)71)61-64(75-57-51-48-45-42-39-36-33-30-27-24-21-18-15-12-9-6-2)67(63)77-58-52-49-46-43-40-37-34-31-28-25-22-19-16-13-10-7-3/h60-61H,5-59H2,1-4H3. The molecule has 0 aliphatic heterocycles. The minimum absolute atomic E-state index is 0.0418. The van der Waals surface area contributed by atoms with Crippen LogP contribution < -0.4 is 14.2 Å². The largest absolute Gasteiger partial charge is 0.490 e. The van der Waals surface area contributed by atoms with Crippen molar-refractivity contribution in [1.82, 2.24) is 4.90 Å². The summed E-state index contributed by atoms with van der Waals surface area (Å²) in [5.41, 5.74) is 0.425. The highest BCUT2D eigenvalue weighted by atomic mass is 16.5. The summed E-state index contributed by atoms with van der Waals surface area (Å²) in [6.45, 7) is 8.58. The van der Waals surface area contributed by atoms with Crippen LogP contribution in [0.15, 0.2) is 12.1 Å². The fraction of sp³-hybridized carbons (Fsp3) is 0.868. The summed E-state index contributed by atoms with van der Waals surface area (Å²) in [6, 6.07) is 3.59. The highest BCUT2D eigenvalue weighted by molar-refractivity contribution is 5.95. The van der Waals surface area contributed by atoms with E-state index >= 15 is 0 Å². The van der Waals surface area contributed by atoms with Crippen molar-refractivity contribution in [3.8, 4) is 17.2 Å². The zero-order chi connectivity index (χ0) is 55.8. The highest BCUT2D eigenvalue weighted by Gasteiger charge is 2.22. The van der Waals surface area contributed by atoms with Crippen LogP contribution in [0.5, 0.6) is 17.2 Å². The summed E-state index contributed by atoms with van der Waals surface area (Å²) in [5, 5.41) is 10.8. The second kappa shape index (κ2) is 56.3. The van der Waals surface area contributed by atoms with Crippen LogP contribution in [0.4, 0.5) is 0 Å². The minimum Gasteiger partial charge on any atom is -0.490 e. The first kappa shape index (κ1) is 72.0. The molecule has 1 amide bonds. The van der Waals surface area contributed by atoms with E-state index < -0.39 is 18.4 Å². The van der Waals surface area contributed by atoms with E-state index in [9.17, 15) is 19.5 Å². The average molecular weight is 1080 g/mol. The lowest BCUT2D eigenvalue weighted by atomic mass is 10.0. The van der Waals surface area contributed by atoms with Gasteiger partial charge in [0.1, 0.15) is 6.61 Å². The molecular weight excluding hydrogens is 959 g/mol. The smallest absolute Gasteiger partial charge is 0.356 e. The number of ether oxygens (including phenoxy) is 4. The number of benzene rings is 1. The van der Waals surface area contributed by atoms with E-state index in [0.29, 0.717) is 42.6 Å². The molecule has 0 saturated carbocycles. The van der Waals surface area contributed by atoms with Gasteiger partial charge in [-0.25, -0.2) is 9.90 Å². The van der Waals surface area contributed by atoms with Gasteiger partial charge in [0.05, 0.1) is 39.2 Å². The number of hydrogen-bond acceptors (Lipinski definition) is 7. The Morgan fingerprint density at radius 1 is 0.351 bits per heavy atom. The second-order valence-corrected chi connectivity index (χ2v) is 23.1. The highest BCUT2D eigenvalue weighted by Crippen LogP contribution is 2.40. The molecule has 9 heteroatoms. The number of rotatable bonds is 61. The van der Waals surface area contributed by atoms with Crippen molar-refractivity contribution in [2.24, 2.45) is 0 Å². The molecule has 0 bridgehead atoms. The summed E-state index contributed by atoms with van der Waals surface area (Å²) >= 11 is 0. The number of carbonyl (C=O) groups is 3. The van der Waals surface area contributed by atoms with Crippen molar-refractivity contribution in [3.63, 3.8) is 0 Å². The molecule has 1 aromatic rings. The van der Waals surface area contributed by atoms with Gasteiger partial charge in [0.25, 0.3) is 5.91 Å². The van der Waals surface area contributed by atoms with Gasteiger partial charge in [-0.05, 0) is 31.4 Å². The maximum atomic E-state index is 14.0. The maximum absolute atomic E-state index is 14.0. The Morgan fingerprint density at radius 3 is 0.883 bits per heavy atom. The Hall–Kier alpha value is -2.97. The van der Waals surface area contributed by atoms with Crippen LogP contribution in [0.1, 0.15) is 352 Å². The van der Waals surface area contributed by atoms with Crippen LogP contribution in [-0.2, 0) is 19.4 Å². The van der Waals surface area contributed by atoms with Gasteiger partial charge in [-0.2, -0.15) is 0 Å². The lowest BCUT2D eigenvalue weighted by Crippen LogP contribution is -2.31. The van der Waals surface area contributed by atoms with Crippen LogP contribution in [0.3, 0.4) is 0 Å². The number of esters is 1. The molecule has 0 spiro atoms. The van der Waals surface area contributed by atoms with E-state index in [1.165, 1.54) is 275 Å². The number of unbranched alkanes of at least 4 members (excludes halogenated alkanes) is 45. The topological polar surface area (TPSA) is 111 Å². The molecule has 0 heterocycles. The molecule has 77 heavy (non-hydrogen) atoms. The first-order valence-corrected chi connectivity index (χ1v) is 33.5. The number of carbonyl (C=O) groups excluding carboxylic acids is 3. The molecule has 1 aromatic carbocycles. The van der Waals surface area contributed by atoms with Gasteiger partial charge in [-0.1, -0.05) is 310 Å². The Labute approximate surface area is 476 Å². The Morgan fingerprint density at radius 2 is 0.610 bits per heavy atom. The summed E-state index contributed by atoms with van der Waals surface area (Å²) in [5.74, 6) is -0.516. The maximum Gasteiger partial charge on any atom is 0.356 e. The molecule has 0 N–H and O–H groups in total. The number of likely N-dealkylation sites (N-methyl/N-ethyl adjacent to an activating group) is 1. The fourth-order valence-corrected chi connectivity index (χ4v) is 10.4. The van der Waals surface area contributed by atoms with Gasteiger partial charge in [-0.3, -0.25) is 9.59 Å². The normalized spacial score (nSPS) is 11.3. The molecule has 1 rings (SSSR count). The number of amides is 1. The van der Waals surface area contributed by atoms with E-state index in [0.717, 1.165) is 38.5 Å². The third kappa shape index (κ3) is 46.5. The lowest BCUT2D eigenvalue weighted by Gasteiger charge is -2.21. The molecule has 0 aliphatic carbocycles. The average Bonchev–Trinajstić information content (AvgIpc) is 3.43. The van der Waals surface area contributed by atoms with Crippen LogP contribution in [0, 0.1) is 0 Å². The molecule has 0 saturated heterocycles. The summed E-state index contributed by atoms with van der Waals surface area (Å²) in [6.07, 6.45) is 62.2. The molecule has 9 nitrogen and oxygen atoms in total.